The van der Waals surface area contributed by atoms with Crippen molar-refractivity contribution < 1.29 is 18.0 Å². The van der Waals surface area contributed by atoms with E-state index >= 15 is 0 Å². The fourth-order valence-electron chi connectivity index (χ4n) is 2.52. The molecule has 0 saturated heterocycles. The maximum Gasteiger partial charge on any atom is 0.237 e. The molecule has 9 heteroatoms. The van der Waals surface area contributed by atoms with Gasteiger partial charge in [0.05, 0.1) is 22.8 Å². The van der Waals surface area contributed by atoms with Crippen molar-refractivity contribution in [3.63, 3.8) is 0 Å². The van der Waals surface area contributed by atoms with Crippen LogP contribution in [-0.2, 0) is 11.3 Å². The Kier molecular flexibility index (Phi) is 5.59. The molecular formula is C18H18F2N4O2S. The highest BCUT2D eigenvalue weighted by Crippen LogP contribution is 2.29. The van der Waals surface area contributed by atoms with E-state index in [-0.39, 0.29) is 5.69 Å². The summed E-state index contributed by atoms with van der Waals surface area (Å²) < 4.78 is 34.2. The fraction of sp³-hybridized carbons (Fsp3) is 0.278. The molecule has 1 amide bonds. The zero-order valence-corrected chi connectivity index (χ0v) is 15.8. The molecule has 1 aromatic carbocycles. The standard InChI is InChI=1S/C18H18F2N4O2S/c1-4-24-16(13-7-8-26-10(13)2)22-23-18(24)27-11(3)17(25)21-15-9-12(19)5-6-14(15)20/h5-9,11H,4H2,1-3H3,(H,21,25)/t11-/m0/s1. The molecule has 3 rings (SSSR count). The Morgan fingerprint density at radius 1 is 1.33 bits per heavy atom. The molecule has 0 aliphatic rings. The van der Waals surface area contributed by atoms with E-state index in [1.54, 1.807) is 13.2 Å². The Morgan fingerprint density at radius 2 is 2.11 bits per heavy atom. The van der Waals surface area contributed by atoms with E-state index in [0.29, 0.717) is 17.5 Å². The first-order chi connectivity index (χ1) is 12.9. The van der Waals surface area contributed by atoms with Gasteiger partial charge in [-0.15, -0.1) is 10.2 Å². The van der Waals surface area contributed by atoms with Gasteiger partial charge in [0.15, 0.2) is 11.0 Å². The van der Waals surface area contributed by atoms with Gasteiger partial charge in [0.2, 0.25) is 5.91 Å². The topological polar surface area (TPSA) is 73.0 Å². The van der Waals surface area contributed by atoms with Gasteiger partial charge >= 0.3 is 0 Å². The van der Waals surface area contributed by atoms with Gasteiger partial charge in [-0.2, -0.15) is 0 Å². The third-order valence-electron chi connectivity index (χ3n) is 3.97. The van der Waals surface area contributed by atoms with Crippen molar-refractivity contribution in [1.29, 1.82) is 0 Å². The van der Waals surface area contributed by atoms with E-state index in [1.807, 2.05) is 24.5 Å². The fourth-order valence-corrected chi connectivity index (χ4v) is 3.43. The minimum atomic E-state index is -0.698. The number of halogens is 2. The number of thioether (sulfide) groups is 1. The molecule has 0 radical (unpaired) electrons. The first-order valence-corrected chi connectivity index (χ1v) is 9.19. The molecule has 0 spiro atoms. The smallest absolute Gasteiger partial charge is 0.237 e. The molecule has 0 saturated carbocycles. The van der Waals surface area contributed by atoms with Crippen LogP contribution in [0.3, 0.4) is 0 Å². The molecule has 142 valence electrons. The number of nitrogens with one attached hydrogen (secondary N) is 1. The number of amides is 1. The monoisotopic (exact) mass is 392 g/mol. The average Bonchev–Trinajstić information content (AvgIpc) is 3.23. The normalized spacial score (nSPS) is 12.2. The molecule has 0 aliphatic carbocycles. The maximum absolute atomic E-state index is 13.7. The SMILES string of the molecule is CCn1c(S[C@@H](C)C(=O)Nc2cc(F)ccc2F)nnc1-c1ccoc1C. The van der Waals surface area contributed by atoms with Crippen LogP contribution in [0.15, 0.2) is 40.1 Å². The highest BCUT2D eigenvalue weighted by atomic mass is 32.2. The van der Waals surface area contributed by atoms with E-state index in [0.717, 1.165) is 29.5 Å². The number of aryl methyl sites for hydroxylation is 1. The summed E-state index contributed by atoms with van der Waals surface area (Å²) in [4.78, 5) is 12.4. The summed E-state index contributed by atoms with van der Waals surface area (Å²) >= 11 is 1.19. The number of anilines is 1. The summed E-state index contributed by atoms with van der Waals surface area (Å²) in [6.45, 7) is 6.04. The average molecular weight is 392 g/mol. The van der Waals surface area contributed by atoms with Crippen molar-refractivity contribution in [2.75, 3.05) is 5.32 Å². The number of nitrogens with zero attached hydrogens (tertiary/aromatic N) is 3. The zero-order chi connectivity index (χ0) is 19.6. The summed E-state index contributed by atoms with van der Waals surface area (Å²) in [7, 11) is 0. The molecule has 6 nitrogen and oxygen atoms in total. The van der Waals surface area contributed by atoms with Crippen LogP contribution < -0.4 is 5.32 Å². The second kappa shape index (κ2) is 7.91. The zero-order valence-electron chi connectivity index (χ0n) is 15.0. The van der Waals surface area contributed by atoms with E-state index < -0.39 is 22.8 Å². The van der Waals surface area contributed by atoms with Crippen molar-refractivity contribution in [1.82, 2.24) is 14.8 Å². The van der Waals surface area contributed by atoms with Crippen LogP contribution >= 0.6 is 11.8 Å². The summed E-state index contributed by atoms with van der Waals surface area (Å²) in [6, 6.07) is 4.71. The highest BCUT2D eigenvalue weighted by molar-refractivity contribution is 8.00. The van der Waals surface area contributed by atoms with Crippen molar-refractivity contribution in [2.24, 2.45) is 0 Å². The van der Waals surface area contributed by atoms with Crippen molar-refractivity contribution in [3.05, 3.63) is 47.9 Å². The molecule has 27 heavy (non-hydrogen) atoms. The lowest BCUT2D eigenvalue weighted by Crippen LogP contribution is -2.23. The van der Waals surface area contributed by atoms with Crippen LogP contribution in [0.5, 0.6) is 0 Å². The lowest BCUT2D eigenvalue weighted by molar-refractivity contribution is -0.115. The van der Waals surface area contributed by atoms with Crippen LogP contribution in [0.4, 0.5) is 14.5 Å². The van der Waals surface area contributed by atoms with Crippen LogP contribution in [0, 0.1) is 18.6 Å². The second-order valence-corrected chi connectivity index (χ2v) is 7.12. The number of carbonyl (C=O) groups is 1. The molecule has 2 aromatic heterocycles. The van der Waals surface area contributed by atoms with E-state index in [4.69, 9.17) is 4.42 Å². The molecule has 0 aliphatic heterocycles. The summed E-state index contributed by atoms with van der Waals surface area (Å²) in [5.41, 5.74) is 0.634. The summed E-state index contributed by atoms with van der Waals surface area (Å²) in [5, 5.41) is 10.7. The Hall–Kier alpha value is -2.68. The minimum Gasteiger partial charge on any atom is -0.469 e. The van der Waals surface area contributed by atoms with Gasteiger partial charge in [0.25, 0.3) is 0 Å². The van der Waals surface area contributed by atoms with Gasteiger partial charge in [-0.25, -0.2) is 8.78 Å². The third-order valence-corrected chi connectivity index (χ3v) is 5.05. The second-order valence-electron chi connectivity index (χ2n) is 5.81. The van der Waals surface area contributed by atoms with Gasteiger partial charge in [0.1, 0.15) is 17.4 Å². The Balaban J connectivity index is 1.77. The van der Waals surface area contributed by atoms with Gasteiger partial charge in [-0.05, 0) is 39.0 Å². The minimum absolute atomic E-state index is 0.195. The predicted molar refractivity (Wildman–Crippen MR) is 98.4 cm³/mol. The van der Waals surface area contributed by atoms with E-state index in [9.17, 15) is 13.6 Å². The Morgan fingerprint density at radius 3 is 2.78 bits per heavy atom. The number of carbonyl (C=O) groups excluding carboxylic acids is 1. The lowest BCUT2D eigenvalue weighted by Gasteiger charge is -2.13. The number of rotatable bonds is 6. The largest absolute Gasteiger partial charge is 0.469 e. The third kappa shape index (κ3) is 4.02. The molecule has 0 unspecified atom stereocenters. The van der Waals surface area contributed by atoms with Crippen LogP contribution in [-0.4, -0.2) is 25.9 Å². The molecule has 2 heterocycles. The van der Waals surface area contributed by atoms with Gasteiger partial charge in [-0.3, -0.25) is 4.79 Å². The molecule has 1 N–H and O–H groups in total. The van der Waals surface area contributed by atoms with Gasteiger partial charge in [-0.1, -0.05) is 11.8 Å². The first kappa shape index (κ1) is 19.1. The molecule has 1 atom stereocenters. The number of furan rings is 1. The number of hydrogen-bond donors (Lipinski definition) is 1. The lowest BCUT2D eigenvalue weighted by atomic mass is 10.2. The van der Waals surface area contributed by atoms with E-state index in [2.05, 4.69) is 15.5 Å². The van der Waals surface area contributed by atoms with Crippen molar-refractivity contribution in [3.8, 4) is 11.4 Å². The quantitative estimate of drug-likeness (QED) is 0.635. The van der Waals surface area contributed by atoms with Crippen LogP contribution in [0.25, 0.3) is 11.4 Å². The summed E-state index contributed by atoms with van der Waals surface area (Å²) in [5.74, 6) is -0.415. The molecule has 3 aromatic rings. The highest BCUT2D eigenvalue weighted by Gasteiger charge is 2.22. The number of benzene rings is 1. The van der Waals surface area contributed by atoms with Crippen molar-refractivity contribution in [2.45, 2.75) is 37.7 Å². The Labute approximate surface area is 159 Å². The van der Waals surface area contributed by atoms with Crippen LogP contribution in [0.1, 0.15) is 19.6 Å². The summed E-state index contributed by atoms with van der Waals surface area (Å²) in [6.07, 6.45) is 1.58. The maximum atomic E-state index is 13.7. The predicted octanol–water partition coefficient (Wildman–Crippen LogP) is 4.26. The van der Waals surface area contributed by atoms with Gasteiger partial charge < -0.3 is 14.3 Å². The number of hydrogen-bond acceptors (Lipinski definition) is 5. The van der Waals surface area contributed by atoms with E-state index in [1.165, 1.54) is 11.8 Å². The molecule has 0 fully saturated rings. The van der Waals surface area contributed by atoms with Crippen LogP contribution in [0.2, 0.25) is 0 Å². The number of aromatic nitrogens is 3. The first-order valence-electron chi connectivity index (χ1n) is 8.31. The Bertz CT molecular complexity index is 970. The van der Waals surface area contributed by atoms with Gasteiger partial charge in [0, 0.05) is 12.6 Å². The molecular weight excluding hydrogens is 374 g/mol. The molecule has 0 bridgehead atoms. The van der Waals surface area contributed by atoms with Crippen molar-refractivity contribution >= 4 is 23.4 Å².